The van der Waals surface area contributed by atoms with Crippen LogP contribution in [0.25, 0.3) is 0 Å². The number of anilines is 1. The van der Waals surface area contributed by atoms with Crippen LogP contribution in [0.3, 0.4) is 0 Å². The molecule has 2 aromatic carbocycles. The van der Waals surface area contributed by atoms with Crippen molar-refractivity contribution in [2.75, 3.05) is 11.4 Å². The van der Waals surface area contributed by atoms with Crippen LogP contribution in [0.15, 0.2) is 36.4 Å². The molecule has 1 N–H and O–H groups in total. The molecule has 0 aliphatic rings. The second-order valence-corrected chi connectivity index (χ2v) is 5.95. The molecule has 0 aliphatic carbocycles. The minimum absolute atomic E-state index is 0.133. The van der Waals surface area contributed by atoms with Gasteiger partial charge in [-0.25, -0.2) is 13.2 Å². The third-order valence-corrected chi connectivity index (χ3v) is 3.90. The van der Waals surface area contributed by atoms with Crippen molar-refractivity contribution >= 4 is 29.1 Å². The zero-order chi connectivity index (χ0) is 19.3. The lowest BCUT2D eigenvalue weighted by molar-refractivity contribution is -0.121. The molecule has 138 valence electrons. The average molecular weight is 385 g/mol. The maximum Gasteiger partial charge on any atom is 0.223 e. The molecule has 0 unspecified atom stereocenters. The minimum atomic E-state index is -1.67. The van der Waals surface area contributed by atoms with E-state index >= 15 is 0 Å². The van der Waals surface area contributed by atoms with Gasteiger partial charge in [-0.3, -0.25) is 9.59 Å². The van der Waals surface area contributed by atoms with Crippen LogP contribution >= 0.6 is 11.6 Å². The Kier molecular flexibility index (Phi) is 6.63. The van der Waals surface area contributed by atoms with Crippen molar-refractivity contribution in [1.29, 1.82) is 0 Å². The highest BCUT2D eigenvalue weighted by molar-refractivity contribution is 6.30. The summed E-state index contributed by atoms with van der Waals surface area (Å²) in [5, 5.41) is 3.23. The van der Waals surface area contributed by atoms with E-state index in [0.717, 1.165) is 29.5 Å². The van der Waals surface area contributed by atoms with Crippen molar-refractivity contribution in [2.45, 2.75) is 19.9 Å². The standard InChI is InChI=1S/C18H16ClF3N2O2/c1-11(25)24(15-7-6-14(20)17(21)18(15)22)9-8-16(26)23-10-12-2-4-13(19)5-3-12/h2-7H,8-10H2,1H3,(H,23,26). The number of nitrogens with one attached hydrogen (secondary N) is 1. The van der Waals surface area contributed by atoms with E-state index in [1.54, 1.807) is 24.3 Å². The molecule has 2 rings (SSSR count). The summed E-state index contributed by atoms with van der Waals surface area (Å²) in [6.45, 7) is 1.23. The topological polar surface area (TPSA) is 49.4 Å². The van der Waals surface area contributed by atoms with Crippen LogP contribution in [0, 0.1) is 17.5 Å². The van der Waals surface area contributed by atoms with Gasteiger partial charge in [0.1, 0.15) is 0 Å². The van der Waals surface area contributed by atoms with Crippen LogP contribution in [0.5, 0.6) is 0 Å². The Hall–Kier alpha value is -2.54. The Morgan fingerprint density at radius 2 is 1.69 bits per heavy atom. The lowest BCUT2D eigenvalue weighted by atomic mass is 10.2. The van der Waals surface area contributed by atoms with E-state index in [2.05, 4.69) is 5.32 Å². The van der Waals surface area contributed by atoms with Gasteiger partial charge >= 0.3 is 0 Å². The maximum absolute atomic E-state index is 13.9. The lowest BCUT2D eigenvalue weighted by Gasteiger charge is -2.21. The molecule has 0 saturated heterocycles. The molecule has 0 spiro atoms. The number of carbonyl (C=O) groups is 2. The first-order chi connectivity index (χ1) is 12.3. The number of halogens is 4. The number of hydrogen-bond acceptors (Lipinski definition) is 2. The van der Waals surface area contributed by atoms with Gasteiger partial charge < -0.3 is 10.2 Å². The van der Waals surface area contributed by atoms with Gasteiger partial charge in [-0.1, -0.05) is 23.7 Å². The van der Waals surface area contributed by atoms with Crippen molar-refractivity contribution in [3.8, 4) is 0 Å². The van der Waals surface area contributed by atoms with E-state index in [1.165, 1.54) is 0 Å². The average Bonchev–Trinajstić information content (AvgIpc) is 2.61. The molecule has 0 aromatic heterocycles. The molecular weight excluding hydrogens is 369 g/mol. The Morgan fingerprint density at radius 1 is 1.04 bits per heavy atom. The number of benzene rings is 2. The smallest absolute Gasteiger partial charge is 0.223 e. The van der Waals surface area contributed by atoms with Crippen LogP contribution in [0.1, 0.15) is 18.9 Å². The van der Waals surface area contributed by atoms with Crippen molar-refractivity contribution in [1.82, 2.24) is 5.32 Å². The number of rotatable bonds is 6. The highest BCUT2D eigenvalue weighted by Crippen LogP contribution is 2.24. The number of nitrogens with zero attached hydrogens (tertiary/aromatic N) is 1. The summed E-state index contributed by atoms with van der Waals surface area (Å²) in [4.78, 5) is 24.5. The van der Waals surface area contributed by atoms with Crippen LogP contribution < -0.4 is 10.2 Å². The second kappa shape index (κ2) is 8.71. The van der Waals surface area contributed by atoms with Crippen LogP contribution in [-0.2, 0) is 16.1 Å². The molecule has 2 aromatic rings. The van der Waals surface area contributed by atoms with E-state index in [9.17, 15) is 22.8 Å². The first kappa shape index (κ1) is 19.8. The lowest BCUT2D eigenvalue weighted by Crippen LogP contribution is -2.34. The molecule has 0 aliphatic heterocycles. The molecule has 0 heterocycles. The number of hydrogen-bond donors (Lipinski definition) is 1. The molecular formula is C18H16ClF3N2O2. The second-order valence-electron chi connectivity index (χ2n) is 5.52. The van der Waals surface area contributed by atoms with Gasteiger partial charge in [0, 0.05) is 31.5 Å². The van der Waals surface area contributed by atoms with Gasteiger partial charge in [-0.05, 0) is 29.8 Å². The summed E-state index contributed by atoms with van der Waals surface area (Å²) in [5.41, 5.74) is 0.416. The van der Waals surface area contributed by atoms with Gasteiger partial charge in [0.2, 0.25) is 11.8 Å². The Morgan fingerprint density at radius 3 is 2.31 bits per heavy atom. The fourth-order valence-electron chi connectivity index (χ4n) is 2.28. The van der Waals surface area contributed by atoms with E-state index in [1.807, 2.05) is 0 Å². The summed E-state index contributed by atoms with van der Waals surface area (Å²) < 4.78 is 40.3. The number of carbonyl (C=O) groups excluding carboxylic acids is 2. The Bertz CT molecular complexity index is 813. The van der Waals surface area contributed by atoms with Crippen LogP contribution in [-0.4, -0.2) is 18.4 Å². The third-order valence-electron chi connectivity index (χ3n) is 3.65. The monoisotopic (exact) mass is 384 g/mol. The van der Waals surface area contributed by atoms with Gasteiger partial charge in [0.25, 0.3) is 0 Å². The third kappa shape index (κ3) is 4.98. The SMILES string of the molecule is CC(=O)N(CCC(=O)NCc1ccc(Cl)cc1)c1ccc(F)c(F)c1F. The van der Waals surface area contributed by atoms with Crippen molar-refractivity contribution in [3.63, 3.8) is 0 Å². The minimum Gasteiger partial charge on any atom is -0.352 e. The zero-order valence-corrected chi connectivity index (χ0v) is 14.6. The van der Waals surface area contributed by atoms with E-state index in [0.29, 0.717) is 5.02 Å². The summed E-state index contributed by atoms with van der Waals surface area (Å²) in [6.07, 6.45) is -0.133. The predicted octanol–water partition coefficient (Wildman–Crippen LogP) is 3.82. The Labute approximate surface area is 153 Å². The van der Waals surface area contributed by atoms with Gasteiger partial charge in [0.05, 0.1) is 5.69 Å². The van der Waals surface area contributed by atoms with Gasteiger partial charge in [-0.15, -0.1) is 0 Å². The first-order valence-electron chi connectivity index (χ1n) is 7.72. The van der Waals surface area contributed by atoms with Crippen molar-refractivity contribution in [2.24, 2.45) is 0 Å². The summed E-state index contributed by atoms with van der Waals surface area (Å²) in [7, 11) is 0. The first-order valence-corrected chi connectivity index (χ1v) is 8.10. The fourth-order valence-corrected chi connectivity index (χ4v) is 2.40. The normalized spacial score (nSPS) is 10.5. The van der Waals surface area contributed by atoms with Gasteiger partial charge in [-0.2, -0.15) is 0 Å². The van der Waals surface area contributed by atoms with E-state index in [4.69, 9.17) is 11.6 Å². The zero-order valence-electron chi connectivity index (χ0n) is 13.9. The summed E-state index contributed by atoms with van der Waals surface area (Å²) >= 11 is 5.77. The largest absolute Gasteiger partial charge is 0.352 e. The summed E-state index contributed by atoms with van der Waals surface area (Å²) in [5.74, 6) is -5.47. The molecule has 8 heteroatoms. The molecule has 0 atom stereocenters. The molecule has 26 heavy (non-hydrogen) atoms. The molecule has 0 saturated carbocycles. The van der Waals surface area contributed by atoms with E-state index < -0.39 is 29.0 Å². The maximum atomic E-state index is 13.9. The molecule has 0 bridgehead atoms. The fraction of sp³-hybridized carbons (Fsp3) is 0.222. The van der Waals surface area contributed by atoms with E-state index in [-0.39, 0.29) is 25.4 Å². The van der Waals surface area contributed by atoms with Crippen LogP contribution in [0.2, 0.25) is 5.02 Å². The van der Waals surface area contributed by atoms with Crippen LogP contribution in [0.4, 0.5) is 18.9 Å². The molecule has 0 radical (unpaired) electrons. The Balaban J connectivity index is 1.98. The predicted molar refractivity (Wildman–Crippen MR) is 92.3 cm³/mol. The quantitative estimate of drug-likeness (QED) is 0.770. The van der Waals surface area contributed by atoms with Crippen molar-refractivity contribution < 1.29 is 22.8 Å². The highest BCUT2D eigenvalue weighted by atomic mass is 35.5. The van der Waals surface area contributed by atoms with Crippen molar-refractivity contribution in [3.05, 3.63) is 64.4 Å². The number of amides is 2. The summed E-state index contributed by atoms with van der Waals surface area (Å²) in [6, 6.07) is 8.56. The van der Waals surface area contributed by atoms with Gasteiger partial charge in [0.15, 0.2) is 17.5 Å². The highest BCUT2D eigenvalue weighted by Gasteiger charge is 2.21. The molecule has 0 fully saturated rings. The molecule has 2 amide bonds. The molecule has 4 nitrogen and oxygen atoms in total.